The Balaban J connectivity index is 1.41. The number of anilines is 2. The predicted molar refractivity (Wildman–Crippen MR) is 151 cm³/mol. The number of nitrogens with zero attached hydrogens (tertiary/aromatic N) is 2. The third-order valence-corrected chi connectivity index (χ3v) is 9.67. The highest BCUT2D eigenvalue weighted by atomic mass is 32.2. The van der Waals surface area contributed by atoms with E-state index in [1.807, 2.05) is 6.07 Å². The summed E-state index contributed by atoms with van der Waals surface area (Å²) in [4.78, 5) is -0.0369. The molecule has 0 aliphatic heterocycles. The number of methoxy groups -OCH3 is 1. The molecule has 3 aromatic rings. The molecule has 0 unspecified atom stereocenters. The van der Waals surface area contributed by atoms with Gasteiger partial charge in [-0.3, -0.25) is 0 Å². The van der Waals surface area contributed by atoms with Gasteiger partial charge < -0.3 is 25.7 Å². The molecule has 3 aliphatic rings. The Hall–Kier alpha value is -2.80. The number of rotatable bonds is 7. The van der Waals surface area contributed by atoms with Gasteiger partial charge in [0.2, 0.25) is 0 Å². The highest BCUT2D eigenvalue weighted by Gasteiger charge is 2.55. The number of hydrogen-bond acceptors (Lipinski definition) is 7. The molecule has 2 aromatic heterocycles. The summed E-state index contributed by atoms with van der Waals surface area (Å²) < 4.78 is 59.9. The van der Waals surface area contributed by atoms with E-state index < -0.39 is 12.7 Å². The van der Waals surface area contributed by atoms with Crippen LogP contribution in [0.1, 0.15) is 37.8 Å². The maximum absolute atomic E-state index is 13.5. The quantitative estimate of drug-likeness (QED) is 0.194. The molecule has 2 heterocycles. The molecule has 3 fully saturated rings. The van der Waals surface area contributed by atoms with Crippen molar-refractivity contribution >= 4 is 41.2 Å². The van der Waals surface area contributed by atoms with Gasteiger partial charge in [-0.2, -0.15) is 18.3 Å². The minimum Gasteiger partial charge on any atom is -0.495 e. The minimum atomic E-state index is -4.50. The highest BCUT2D eigenvalue weighted by molar-refractivity contribution is 8.00. The number of nitrogens with one attached hydrogen (secondary N) is 2. The SMILES string of the molecule is COc1cc(P(C)(C)=O)ccc1NCC#Cc1nn2c(NC34CCCC(N)(C3)C4)cccc2c1SC(F)(F)F. The first kappa shape index (κ1) is 27.8. The number of halogens is 3. The van der Waals surface area contributed by atoms with Crippen LogP contribution < -0.4 is 26.4 Å². The molecular weight excluding hydrogens is 546 g/mol. The van der Waals surface area contributed by atoms with Crippen molar-refractivity contribution in [2.75, 3.05) is 37.6 Å². The van der Waals surface area contributed by atoms with Gasteiger partial charge in [-0.25, -0.2) is 4.52 Å². The predicted octanol–water partition coefficient (Wildman–Crippen LogP) is 5.49. The second kappa shape index (κ2) is 9.99. The minimum absolute atomic E-state index is 0.0369. The van der Waals surface area contributed by atoms with Gasteiger partial charge in [-0.1, -0.05) is 12.0 Å². The van der Waals surface area contributed by atoms with E-state index in [-0.39, 0.29) is 40.0 Å². The number of thioether (sulfide) groups is 1. The van der Waals surface area contributed by atoms with Crippen LogP contribution >= 0.6 is 18.9 Å². The molecule has 7 nitrogen and oxygen atoms in total. The first-order chi connectivity index (χ1) is 18.3. The molecule has 3 aliphatic carbocycles. The van der Waals surface area contributed by atoms with Crippen LogP contribution in [0.3, 0.4) is 0 Å². The Morgan fingerprint density at radius 3 is 2.67 bits per heavy atom. The third kappa shape index (κ3) is 5.88. The van der Waals surface area contributed by atoms with E-state index in [1.54, 1.807) is 43.7 Å². The van der Waals surface area contributed by atoms with Crippen molar-refractivity contribution in [1.29, 1.82) is 0 Å². The molecule has 0 saturated heterocycles. The van der Waals surface area contributed by atoms with E-state index in [2.05, 4.69) is 27.6 Å². The van der Waals surface area contributed by atoms with Crippen LogP contribution in [-0.4, -0.2) is 53.2 Å². The molecule has 6 rings (SSSR count). The van der Waals surface area contributed by atoms with Gasteiger partial charge in [-0.15, -0.1) is 0 Å². The zero-order valence-electron chi connectivity index (χ0n) is 22.0. The molecule has 0 atom stereocenters. The van der Waals surface area contributed by atoms with Crippen LogP contribution in [0.25, 0.3) is 5.52 Å². The maximum Gasteiger partial charge on any atom is 0.446 e. The van der Waals surface area contributed by atoms with Crippen molar-refractivity contribution in [3.05, 3.63) is 42.1 Å². The van der Waals surface area contributed by atoms with Crippen molar-refractivity contribution in [2.24, 2.45) is 5.73 Å². The van der Waals surface area contributed by atoms with Gasteiger partial charge in [0.1, 0.15) is 24.4 Å². The zero-order valence-corrected chi connectivity index (χ0v) is 23.7. The van der Waals surface area contributed by atoms with E-state index in [0.29, 0.717) is 28.1 Å². The number of hydrogen-bond donors (Lipinski definition) is 3. The fourth-order valence-corrected chi connectivity index (χ4v) is 7.26. The summed E-state index contributed by atoms with van der Waals surface area (Å²) in [5, 5.41) is 11.8. The largest absolute Gasteiger partial charge is 0.495 e. The normalized spacial score (nSPS) is 22.5. The van der Waals surface area contributed by atoms with Crippen LogP contribution in [0.2, 0.25) is 0 Å². The van der Waals surface area contributed by atoms with E-state index >= 15 is 0 Å². The van der Waals surface area contributed by atoms with Gasteiger partial charge in [-0.05, 0) is 93.4 Å². The monoisotopic (exact) mass is 577 g/mol. The second-order valence-electron chi connectivity index (χ2n) is 10.8. The molecule has 4 N–H and O–H groups in total. The van der Waals surface area contributed by atoms with Gasteiger partial charge in [0.05, 0.1) is 29.8 Å². The highest BCUT2D eigenvalue weighted by Crippen LogP contribution is 2.52. The number of ether oxygens (including phenoxy) is 1. The molecule has 3 saturated carbocycles. The summed E-state index contributed by atoms with van der Waals surface area (Å²) in [5.41, 5.74) is 2.64. The molecule has 2 bridgehead atoms. The molecule has 39 heavy (non-hydrogen) atoms. The van der Waals surface area contributed by atoms with Crippen LogP contribution in [0, 0.1) is 11.8 Å². The Kier molecular flexibility index (Phi) is 7.11. The zero-order chi connectivity index (χ0) is 28.1. The van der Waals surface area contributed by atoms with Crippen molar-refractivity contribution in [3.63, 3.8) is 0 Å². The Labute approximate surface area is 229 Å². The fourth-order valence-electron chi connectivity index (χ4n) is 5.72. The summed E-state index contributed by atoms with van der Waals surface area (Å²) in [6, 6.07) is 10.4. The van der Waals surface area contributed by atoms with Gasteiger partial charge in [0.15, 0.2) is 0 Å². The summed E-state index contributed by atoms with van der Waals surface area (Å²) in [5.74, 6) is 6.85. The molecule has 12 heteroatoms. The molecule has 0 spiro atoms. The lowest BCUT2D eigenvalue weighted by Crippen LogP contribution is -2.68. The third-order valence-electron chi connectivity index (χ3n) is 7.32. The topological polar surface area (TPSA) is 93.7 Å². The number of alkyl halides is 3. The van der Waals surface area contributed by atoms with Crippen LogP contribution in [-0.2, 0) is 4.57 Å². The fraction of sp³-hybridized carbons (Fsp3) is 0.444. The lowest BCUT2D eigenvalue weighted by molar-refractivity contribution is -0.0327. The number of nitrogens with two attached hydrogens (primary N) is 1. The Morgan fingerprint density at radius 1 is 1.23 bits per heavy atom. The van der Waals surface area contributed by atoms with Crippen molar-refractivity contribution < 1.29 is 22.5 Å². The standard InChI is InChI=1S/C27H31F3N5O2PS/c1-37-22-15-18(38(2,3)36)10-11-19(22)32-14-5-7-20-24(39-27(28,29)30)21-8-4-9-23(35(21)34-20)33-26-13-6-12-25(31,16-26)17-26/h4,8-11,15,32-33H,6,12-14,16-17,31H2,1-3H3. The summed E-state index contributed by atoms with van der Waals surface area (Å²) in [6.07, 6.45) is 4.64. The average molecular weight is 578 g/mol. The van der Waals surface area contributed by atoms with Gasteiger partial charge >= 0.3 is 5.51 Å². The van der Waals surface area contributed by atoms with Crippen LogP contribution in [0.5, 0.6) is 5.75 Å². The average Bonchev–Trinajstić information content (AvgIpc) is 3.17. The van der Waals surface area contributed by atoms with Crippen molar-refractivity contribution in [2.45, 2.75) is 53.6 Å². The van der Waals surface area contributed by atoms with Crippen LogP contribution in [0.4, 0.5) is 24.7 Å². The molecule has 1 aromatic carbocycles. The van der Waals surface area contributed by atoms with Gasteiger partial charge in [0, 0.05) is 16.4 Å². The number of fused-ring (bicyclic) bond motifs is 3. The summed E-state index contributed by atoms with van der Waals surface area (Å²) in [6.45, 7) is 3.50. The first-order valence-electron chi connectivity index (χ1n) is 12.6. The smallest absolute Gasteiger partial charge is 0.446 e. The number of benzene rings is 1. The Bertz CT molecular complexity index is 1520. The molecule has 208 valence electrons. The molecular formula is C27H31F3N5O2PS. The van der Waals surface area contributed by atoms with Crippen molar-refractivity contribution in [1.82, 2.24) is 9.61 Å². The molecule has 0 amide bonds. The van der Waals surface area contributed by atoms with E-state index in [1.165, 1.54) is 11.6 Å². The van der Waals surface area contributed by atoms with E-state index in [4.69, 9.17) is 10.5 Å². The number of aromatic nitrogens is 2. The van der Waals surface area contributed by atoms with Gasteiger partial charge in [0.25, 0.3) is 0 Å². The lowest BCUT2D eigenvalue weighted by Gasteiger charge is -2.59. The maximum atomic E-state index is 13.5. The molecule has 0 radical (unpaired) electrons. The van der Waals surface area contributed by atoms with Crippen LogP contribution in [0.15, 0.2) is 41.3 Å². The second-order valence-corrected chi connectivity index (χ2v) is 15.1. The number of pyridine rings is 1. The first-order valence-corrected chi connectivity index (χ1v) is 16.0. The van der Waals surface area contributed by atoms with Crippen molar-refractivity contribution in [3.8, 4) is 17.6 Å². The lowest BCUT2D eigenvalue weighted by atomic mass is 9.55. The van der Waals surface area contributed by atoms with E-state index in [9.17, 15) is 17.7 Å². The summed E-state index contributed by atoms with van der Waals surface area (Å²) >= 11 is -0.210. The summed E-state index contributed by atoms with van der Waals surface area (Å²) in [7, 11) is -0.948. The Morgan fingerprint density at radius 2 is 2.00 bits per heavy atom. The van der Waals surface area contributed by atoms with E-state index in [0.717, 1.165) is 32.1 Å².